The molecule has 0 aliphatic heterocycles. The van der Waals surface area contributed by atoms with Crippen molar-refractivity contribution in [3.05, 3.63) is 47.4 Å². The van der Waals surface area contributed by atoms with Gasteiger partial charge in [-0.2, -0.15) is 5.10 Å². The summed E-state index contributed by atoms with van der Waals surface area (Å²) >= 11 is 0. The van der Waals surface area contributed by atoms with Crippen LogP contribution >= 0.6 is 0 Å². The summed E-state index contributed by atoms with van der Waals surface area (Å²) in [7, 11) is 1.79. The van der Waals surface area contributed by atoms with Crippen LogP contribution in [0.5, 0.6) is 0 Å². The van der Waals surface area contributed by atoms with E-state index in [9.17, 15) is 9.18 Å². The van der Waals surface area contributed by atoms with Crippen molar-refractivity contribution in [1.29, 1.82) is 0 Å². The summed E-state index contributed by atoms with van der Waals surface area (Å²) in [6.45, 7) is 2.37. The molecule has 1 aliphatic carbocycles. The second kappa shape index (κ2) is 6.63. The van der Waals surface area contributed by atoms with E-state index in [4.69, 9.17) is 0 Å². The van der Waals surface area contributed by atoms with Gasteiger partial charge in [0.1, 0.15) is 11.6 Å². The fraction of sp³-hybridized carbons (Fsp3) is 0.444. The zero-order valence-electron chi connectivity index (χ0n) is 14.1. The minimum atomic E-state index is -0.263. The minimum Gasteiger partial charge on any atom is -0.337 e. The number of hydrogen-bond donors (Lipinski definition) is 2. The summed E-state index contributed by atoms with van der Waals surface area (Å²) in [6, 6.07) is 8.30. The molecule has 1 aromatic heterocycles. The van der Waals surface area contributed by atoms with E-state index in [1.54, 1.807) is 23.9 Å². The molecule has 0 unspecified atom stereocenters. The molecule has 6 heteroatoms. The molecule has 1 aliphatic rings. The molecule has 128 valence electrons. The van der Waals surface area contributed by atoms with Crippen LogP contribution in [0.25, 0.3) is 0 Å². The van der Waals surface area contributed by atoms with E-state index in [1.165, 1.54) is 6.07 Å². The number of urea groups is 1. The first-order chi connectivity index (χ1) is 11.5. The highest BCUT2D eigenvalue weighted by Gasteiger charge is 2.36. The average Bonchev–Trinajstić information content (AvgIpc) is 3.13. The first-order valence-corrected chi connectivity index (χ1v) is 8.30. The third-order valence-electron chi connectivity index (χ3n) is 4.83. The molecule has 0 bridgehead atoms. The number of amides is 2. The maximum Gasteiger partial charge on any atom is 0.320 e. The van der Waals surface area contributed by atoms with Crippen LogP contribution in [0, 0.1) is 12.7 Å². The van der Waals surface area contributed by atoms with Crippen LogP contribution in [-0.4, -0.2) is 22.4 Å². The molecule has 0 spiro atoms. The summed E-state index contributed by atoms with van der Waals surface area (Å²) in [6.07, 6.45) is 4.12. The maximum atomic E-state index is 13.6. The molecular formula is C18H23FN4O. The van der Waals surface area contributed by atoms with Crippen LogP contribution in [0.4, 0.5) is 15.0 Å². The van der Waals surface area contributed by atoms with Crippen molar-refractivity contribution in [2.45, 2.75) is 38.0 Å². The molecule has 1 heterocycles. The predicted octanol–water partition coefficient (Wildman–Crippen LogP) is 3.50. The normalized spacial score (nSPS) is 16.1. The van der Waals surface area contributed by atoms with Crippen molar-refractivity contribution in [2.24, 2.45) is 7.05 Å². The van der Waals surface area contributed by atoms with Gasteiger partial charge in [-0.3, -0.25) is 10.00 Å². The lowest BCUT2D eigenvalue weighted by atomic mass is 9.79. The van der Waals surface area contributed by atoms with Crippen molar-refractivity contribution in [3.63, 3.8) is 0 Å². The predicted molar refractivity (Wildman–Crippen MR) is 91.5 cm³/mol. The van der Waals surface area contributed by atoms with E-state index >= 15 is 0 Å². The van der Waals surface area contributed by atoms with E-state index in [-0.39, 0.29) is 17.3 Å². The number of aryl methyl sites for hydroxylation is 2. The molecule has 0 atom stereocenters. The second-order valence-electron chi connectivity index (χ2n) is 6.60. The van der Waals surface area contributed by atoms with Crippen molar-refractivity contribution < 1.29 is 9.18 Å². The number of halogens is 1. The molecule has 24 heavy (non-hydrogen) atoms. The Labute approximate surface area is 141 Å². The average molecular weight is 330 g/mol. The Morgan fingerprint density at radius 1 is 1.33 bits per heavy atom. The van der Waals surface area contributed by atoms with Crippen molar-refractivity contribution in [3.8, 4) is 0 Å². The van der Waals surface area contributed by atoms with Gasteiger partial charge in [0.25, 0.3) is 0 Å². The van der Waals surface area contributed by atoms with Crippen molar-refractivity contribution in [2.75, 3.05) is 11.9 Å². The first-order valence-electron chi connectivity index (χ1n) is 8.30. The monoisotopic (exact) mass is 330 g/mol. The van der Waals surface area contributed by atoms with E-state index in [2.05, 4.69) is 15.7 Å². The zero-order valence-corrected chi connectivity index (χ0v) is 14.1. The number of carbonyl (C=O) groups is 1. The van der Waals surface area contributed by atoms with Gasteiger partial charge in [0, 0.05) is 25.1 Å². The SMILES string of the molecule is Cc1cc(NC(=O)NCC2(c3cccc(F)c3)CCCC2)n(C)n1. The lowest BCUT2D eigenvalue weighted by molar-refractivity contribution is 0.248. The molecule has 1 fully saturated rings. The van der Waals surface area contributed by atoms with Crippen LogP contribution in [0.3, 0.4) is 0 Å². The van der Waals surface area contributed by atoms with Crippen LogP contribution in [-0.2, 0) is 12.5 Å². The molecule has 5 nitrogen and oxygen atoms in total. The van der Waals surface area contributed by atoms with Gasteiger partial charge in [-0.1, -0.05) is 25.0 Å². The standard InChI is InChI=1S/C18H23FN4O/c1-13-10-16(23(2)22-13)21-17(24)20-12-18(8-3-4-9-18)14-6-5-7-15(19)11-14/h5-7,10-11H,3-4,8-9,12H2,1-2H3,(H2,20,21,24). The van der Waals surface area contributed by atoms with Crippen LogP contribution in [0.15, 0.2) is 30.3 Å². The number of rotatable bonds is 4. The number of nitrogens with zero attached hydrogens (tertiary/aromatic N) is 2. The van der Waals surface area contributed by atoms with E-state index in [0.717, 1.165) is 36.9 Å². The Bertz CT molecular complexity index is 734. The van der Waals surface area contributed by atoms with Crippen molar-refractivity contribution >= 4 is 11.8 Å². The Hall–Kier alpha value is -2.37. The van der Waals surface area contributed by atoms with E-state index in [1.807, 2.05) is 19.1 Å². The molecule has 2 aromatic rings. The van der Waals surface area contributed by atoms with Gasteiger partial charge in [-0.25, -0.2) is 9.18 Å². The highest BCUT2D eigenvalue weighted by molar-refractivity contribution is 5.88. The Morgan fingerprint density at radius 2 is 2.08 bits per heavy atom. The Morgan fingerprint density at radius 3 is 2.71 bits per heavy atom. The molecule has 0 radical (unpaired) electrons. The largest absolute Gasteiger partial charge is 0.337 e. The van der Waals surface area contributed by atoms with E-state index in [0.29, 0.717) is 12.4 Å². The summed E-state index contributed by atoms with van der Waals surface area (Å²) in [5.41, 5.74) is 1.64. The number of aromatic nitrogens is 2. The molecule has 1 saturated carbocycles. The van der Waals surface area contributed by atoms with Gasteiger partial charge in [-0.05, 0) is 37.5 Å². The first kappa shape index (κ1) is 16.5. The molecule has 0 saturated heterocycles. The smallest absolute Gasteiger partial charge is 0.320 e. The highest BCUT2D eigenvalue weighted by Crippen LogP contribution is 2.40. The highest BCUT2D eigenvalue weighted by atomic mass is 19.1. The van der Waals surface area contributed by atoms with Crippen LogP contribution < -0.4 is 10.6 Å². The quantitative estimate of drug-likeness (QED) is 0.901. The number of anilines is 1. The molecule has 3 rings (SSSR count). The van der Waals surface area contributed by atoms with E-state index < -0.39 is 0 Å². The van der Waals surface area contributed by atoms with Gasteiger partial charge >= 0.3 is 6.03 Å². The summed E-state index contributed by atoms with van der Waals surface area (Å²) in [4.78, 5) is 12.2. The van der Waals surface area contributed by atoms with Gasteiger partial charge in [0.05, 0.1) is 5.69 Å². The third kappa shape index (κ3) is 3.42. The topological polar surface area (TPSA) is 59.0 Å². The molecular weight excluding hydrogens is 307 g/mol. The summed E-state index contributed by atoms with van der Waals surface area (Å²) in [5.74, 6) is 0.421. The third-order valence-corrected chi connectivity index (χ3v) is 4.83. The lowest BCUT2D eigenvalue weighted by Gasteiger charge is -2.30. The van der Waals surface area contributed by atoms with Gasteiger partial charge in [0.2, 0.25) is 0 Å². The zero-order chi connectivity index (χ0) is 17.2. The number of nitrogens with one attached hydrogen (secondary N) is 2. The van der Waals surface area contributed by atoms with Gasteiger partial charge < -0.3 is 5.32 Å². The molecule has 2 amide bonds. The van der Waals surface area contributed by atoms with Crippen molar-refractivity contribution in [1.82, 2.24) is 15.1 Å². The maximum absolute atomic E-state index is 13.6. The number of benzene rings is 1. The molecule has 2 N–H and O–H groups in total. The second-order valence-corrected chi connectivity index (χ2v) is 6.60. The van der Waals surface area contributed by atoms with Gasteiger partial charge in [-0.15, -0.1) is 0 Å². The fourth-order valence-electron chi connectivity index (χ4n) is 3.58. The van der Waals surface area contributed by atoms with Crippen LogP contribution in [0.2, 0.25) is 0 Å². The minimum absolute atomic E-state index is 0.179. The Kier molecular flexibility index (Phi) is 4.55. The summed E-state index contributed by atoms with van der Waals surface area (Å²) < 4.78 is 15.2. The Balaban J connectivity index is 1.68. The summed E-state index contributed by atoms with van der Waals surface area (Å²) in [5, 5.41) is 9.97. The van der Waals surface area contributed by atoms with Crippen LogP contribution in [0.1, 0.15) is 36.9 Å². The lowest BCUT2D eigenvalue weighted by Crippen LogP contribution is -2.41. The fourth-order valence-corrected chi connectivity index (χ4v) is 3.58. The molecule has 1 aromatic carbocycles. The van der Waals surface area contributed by atoms with Gasteiger partial charge in [0.15, 0.2) is 0 Å². The number of hydrogen-bond acceptors (Lipinski definition) is 2. The number of carbonyl (C=O) groups excluding carboxylic acids is 1.